The summed E-state index contributed by atoms with van der Waals surface area (Å²) in [6.07, 6.45) is 9.04. The second kappa shape index (κ2) is 9.38. The molecule has 15 heavy (non-hydrogen) atoms. The molecule has 0 bridgehead atoms. The van der Waals surface area contributed by atoms with Gasteiger partial charge in [-0.15, -0.1) is 0 Å². The molecule has 0 aliphatic carbocycles. The number of unbranched alkanes of at least 4 members (excludes halogenated alkanes) is 7. The average molecular weight is 236 g/mol. The van der Waals surface area contributed by atoms with Crippen LogP contribution in [0.25, 0.3) is 0 Å². The van der Waals surface area contributed by atoms with Gasteiger partial charge in [0.2, 0.25) is 7.37 Å². The van der Waals surface area contributed by atoms with E-state index in [1.165, 1.54) is 32.1 Å². The highest BCUT2D eigenvalue weighted by Crippen LogP contribution is 2.39. The summed E-state index contributed by atoms with van der Waals surface area (Å²) in [5, 5.41) is 8.58. The fourth-order valence-electron chi connectivity index (χ4n) is 1.56. The van der Waals surface area contributed by atoms with Crippen molar-refractivity contribution >= 4 is 7.37 Å². The Labute approximate surface area is 93.4 Å². The molecule has 0 heterocycles. The van der Waals surface area contributed by atoms with E-state index >= 15 is 0 Å². The lowest BCUT2D eigenvalue weighted by Gasteiger charge is -2.07. The number of hydrogen-bond acceptors (Lipinski definition) is 2. The van der Waals surface area contributed by atoms with Gasteiger partial charge in [0.15, 0.2) is 0 Å². The largest absolute Gasteiger partial charge is 0.386 e. The summed E-state index contributed by atoms with van der Waals surface area (Å²) < 4.78 is 11.1. The third kappa shape index (κ3) is 10.4. The Hall–Kier alpha value is 0.150. The van der Waals surface area contributed by atoms with Crippen molar-refractivity contribution in [3.63, 3.8) is 0 Å². The highest BCUT2D eigenvalue weighted by Gasteiger charge is 2.14. The Morgan fingerprint density at radius 3 is 1.87 bits per heavy atom. The van der Waals surface area contributed by atoms with Crippen LogP contribution in [0.2, 0.25) is 0 Å². The van der Waals surface area contributed by atoms with Crippen LogP contribution in [0.5, 0.6) is 0 Å². The minimum Gasteiger partial charge on any atom is -0.386 e. The van der Waals surface area contributed by atoms with E-state index < -0.39 is 13.7 Å². The highest BCUT2D eigenvalue weighted by molar-refractivity contribution is 7.57. The summed E-state index contributed by atoms with van der Waals surface area (Å²) in [7, 11) is -3.18. The molecule has 3 nitrogen and oxygen atoms in total. The molecular formula is C11H25O3P. The molecule has 4 heteroatoms. The van der Waals surface area contributed by atoms with E-state index in [0.717, 1.165) is 19.3 Å². The van der Waals surface area contributed by atoms with E-state index in [0.29, 0.717) is 0 Å². The average Bonchev–Trinajstić information content (AvgIpc) is 2.22. The van der Waals surface area contributed by atoms with Crippen molar-refractivity contribution in [1.82, 2.24) is 0 Å². The Kier molecular flexibility index (Phi) is 9.48. The van der Waals surface area contributed by atoms with Crippen LogP contribution in [0.1, 0.15) is 58.3 Å². The van der Waals surface area contributed by atoms with Crippen LogP contribution in [-0.4, -0.2) is 22.5 Å². The highest BCUT2D eigenvalue weighted by atomic mass is 31.2. The zero-order chi connectivity index (χ0) is 11.6. The van der Waals surface area contributed by atoms with Gasteiger partial charge in [-0.3, -0.25) is 4.57 Å². The molecule has 92 valence electrons. The van der Waals surface area contributed by atoms with E-state index in [9.17, 15) is 4.57 Å². The van der Waals surface area contributed by atoms with Gasteiger partial charge in [0.05, 0.1) is 0 Å². The molecule has 0 aromatic carbocycles. The molecule has 0 aliphatic rings. The lowest BCUT2D eigenvalue weighted by molar-refractivity contribution is 0.332. The molecule has 0 amide bonds. The first kappa shape index (κ1) is 15.2. The van der Waals surface area contributed by atoms with Gasteiger partial charge in [-0.05, 0) is 6.42 Å². The molecule has 0 aliphatic heterocycles. The zero-order valence-electron chi connectivity index (χ0n) is 9.82. The smallest absolute Gasteiger partial charge is 0.225 e. The van der Waals surface area contributed by atoms with Crippen LogP contribution in [0, 0.1) is 0 Å². The SMILES string of the molecule is CCCCCCCCCCP(=O)(O)CO. The third-order valence-corrected chi connectivity index (χ3v) is 4.04. The van der Waals surface area contributed by atoms with Gasteiger partial charge in [-0.1, -0.05) is 51.9 Å². The second-order valence-electron chi connectivity index (χ2n) is 4.19. The van der Waals surface area contributed by atoms with E-state index in [1.54, 1.807) is 0 Å². The first-order chi connectivity index (χ1) is 7.12. The summed E-state index contributed by atoms with van der Waals surface area (Å²) in [5.41, 5.74) is 0. The van der Waals surface area contributed by atoms with Crippen molar-refractivity contribution in [3.8, 4) is 0 Å². The van der Waals surface area contributed by atoms with Crippen molar-refractivity contribution in [3.05, 3.63) is 0 Å². The van der Waals surface area contributed by atoms with E-state index in [-0.39, 0.29) is 6.16 Å². The molecule has 0 rings (SSSR count). The molecule has 1 atom stereocenters. The van der Waals surface area contributed by atoms with E-state index in [2.05, 4.69) is 6.92 Å². The lowest BCUT2D eigenvalue weighted by Crippen LogP contribution is -1.93. The van der Waals surface area contributed by atoms with Gasteiger partial charge >= 0.3 is 0 Å². The molecule has 0 aromatic rings. The van der Waals surface area contributed by atoms with E-state index in [1.807, 2.05) is 0 Å². The third-order valence-electron chi connectivity index (χ3n) is 2.58. The zero-order valence-corrected chi connectivity index (χ0v) is 10.7. The van der Waals surface area contributed by atoms with Gasteiger partial charge in [0.1, 0.15) is 6.35 Å². The quantitative estimate of drug-likeness (QED) is 0.451. The molecule has 1 unspecified atom stereocenters. The van der Waals surface area contributed by atoms with Crippen molar-refractivity contribution in [2.24, 2.45) is 0 Å². The summed E-state index contributed by atoms with van der Waals surface area (Å²) in [6, 6.07) is 0. The minimum absolute atomic E-state index is 0.276. The maximum absolute atomic E-state index is 11.1. The molecule has 2 N–H and O–H groups in total. The Bertz CT molecular complexity index is 183. The topological polar surface area (TPSA) is 57.5 Å². The van der Waals surface area contributed by atoms with Crippen LogP contribution < -0.4 is 0 Å². The summed E-state index contributed by atoms with van der Waals surface area (Å²) in [4.78, 5) is 9.10. The second-order valence-corrected chi connectivity index (χ2v) is 6.61. The van der Waals surface area contributed by atoms with Crippen LogP contribution in [0.3, 0.4) is 0 Å². The molecule has 0 saturated heterocycles. The predicted molar refractivity (Wildman–Crippen MR) is 64.4 cm³/mol. The molecular weight excluding hydrogens is 211 g/mol. The fourth-order valence-corrected chi connectivity index (χ4v) is 2.42. The van der Waals surface area contributed by atoms with Gasteiger partial charge in [0.25, 0.3) is 0 Å². The molecule has 0 fully saturated rings. The van der Waals surface area contributed by atoms with E-state index in [4.69, 9.17) is 10.00 Å². The van der Waals surface area contributed by atoms with Crippen LogP contribution >= 0.6 is 7.37 Å². The maximum atomic E-state index is 11.1. The van der Waals surface area contributed by atoms with Crippen LogP contribution in [-0.2, 0) is 4.57 Å². The standard InChI is InChI=1S/C11H25O3P/c1-2-3-4-5-6-7-8-9-10-15(13,14)11-12/h12H,2-11H2,1H3,(H,13,14). The predicted octanol–water partition coefficient (Wildman–Crippen LogP) is 3.35. The summed E-state index contributed by atoms with van der Waals surface area (Å²) in [6.45, 7) is 2.20. The van der Waals surface area contributed by atoms with Crippen molar-refractivity contribution < 1.29 is 14.6 Å². The Balaban J connectivity index is 3.15. The van der Waals surface area contributed by atoms with Crippen LogP contribution in [0.15, 0.2) is 0 Å². The van der Waals surface area contributed by atoms with Crippen molar-refractivity contribution in [1.29, 1.82) is 0 Å². The Morgan fingerprint density at radius 1 is 0.933 bits per heavy atom. The summed E-state index contributed by atoms with van der Waals surface area (Å²) >= 11 is 0. The number of hydrogen-bond donors (Lipinski definition) is 2. The monoisotopic (exact) mass is 236 g/mol. The van der Waals surface area contributed by atoms with Crippen LogP contribution in [0.4, 0.5) is 0 Å². The van der Waals surface area contributed by atoms with Gasteiger partial charge in [-0.25, -0.2) is 0 Å². The van der Waals surface area contributed by atoms with Gasteiger partial charge in [0, 0.05) is 6.16 Å². The first-order valence-corrected chi connectivity index (χ1v) is 8.07. The number of aliphatic hydroxyl groups excluding tert-OH is 1. The van der Waals surface area contributed by atoms with Gasteiger partial charge in [-0.2, -0.15) is 0 Å². The normalized spacial score (nSPS) is 15.1. The van der Waals surface area contributed by atoms with Gasteiger partial charge < -0.3 is 10.00 Å². The van der Waals surface area contributed by atoms with Crippen molar-refractivity contribution in [2.75, 3.05) is 12.5 Å². The fraction of sp³-hybridized carbons (Fsp3) is 1.00. The maximum Gasteiger partial charge on any atom is 0.225 e. The Morgan fingerprint density at radius 2 is 1.40 bits per heavy atom. The molecule has 0 aromatic heterocycles. The first-order valence-electron chi connectivity index (χ1n) is 6.04. The lowest BCUT2D eigenvalue weighted by atomic mass is 10.1. The summed E-state index contributed by atoms with van der Waals surface area (Å²) in [5.74, 6) is 0. The molecule has 0 spiro atoms. The number of rotatable bonds is 10. The minimum atomic E-state index is -3.18. The van der Waals surface area contributed by atoms with Crippen molar-refractivity contribution in [2.45, 2.75) is 58.3 Å². The number of aliphatic hydroxyl groups is 1. The molecule has 0 radical (unpaired) electrons. The molecule has 0 saturated carbocycles.